The molecule has 0 saturated heterocycles. The molecule has 1 aromatic heterocycles. The molecule has 0 bridgehead atoms. The molecule has 0 atom stereocenters. The van der Waals surface area contributed by atoms with Crippen molar-refractivity contribution in [3.8, 4) is 11.5 Å². The van der Waals surface area contributed by atoms with Crippen LogP contribution in [0.25, 0.3) is 0 Å². The van der Waals surface area contributed by atoms with Gasteiger partial charge in [-0.2, -0.15) is 0 Å². The predicted octanol–water partition coefficient (Wildman–Crippen LogP) is -0.0277. The van der Waals surface area contributed by atoms with Crippen LogP contribution < -0.4 is 15.2 Å². The topological polar surface area (TPSA) is 91.5 Å². The Morgan fingerprint density at radius 1 is 1.35 bits per heavy atom. The second-order valence-electron chi connectivity index (χ2n) is 3.37. The van der Waals surface area contributed by atoms with Crippen molar-refractivity contribution in [1.82, 2.24) is 4.98 Å². The third kappa shape index (κ3) is 3.57. The van der Waals surface area contributed by atoms with Gasteiger partial charge in [0.1, 0.15) is 5.69 Å². The van der Waals surface area contributed by atoms with Gasteiger partial charge in [0, 0.05) is 18.8 Å². The number of rotatable bonds is 6. The van der Waals surface area contributed by atoms with Crippen molar-refractivity contribution in [2.45, 2.75) is 5.75 Å². The van der Waals surface area contributed by atoms with Crippen LogP contribution >= 0.6 is 0 Å². The van der Waals surface area contributed by atoms with E-state index in [4.69, 9.17) is 15.2 Å². The van der Waals surface area contributed by atoms with Crippen LogP contribution in [0.4, 0.5) is 0 Å². The van der Waals surface area contributed by atoms with Gasteiger partial charge in [0.15, 0.2) is 21.3 Å². The molecule has 0 saturated carbocycles. The lowest BCUT2D eigenvalue weighted by atomic mass is 10.3. The maximum atomic E-state index is 11.7. The number of methoxy groups -OCH3 is 2. The molecule has 0 radical (unpaired) electrons. The first-order valence-electron chi connectivity index (χ1n) is 5.00. The van der Waals surface area contributed by atoms with Gasteiger partial charge in [-0.1, -0.05) is 0 Å². The first kappa shape index (κ1) is 13.7. The number of ether oxygens (including phenoxy) is 2. The molecule has 0 aromatic carbocycles. The highest BCUT2D eigenvalue weighted by Gasteiger charge is 2.18. The Bertz CT molecular complexity index is 473. The van der Waals surface area contributed by atoms with Gasteiger partial charge in [-0.15, -0.1) is 0 Å². The van der Waals surface area contributed by atoms with Crippen LogP contribution in [-0.4, -0.2) is 39.9 Å². The van der Waals surface area contributed by atoms with Gasteiger partial charge < -0.3 is 15.2 Å². The van der Waals surface area contributed by atoms with Gasteiger partial charge in [0.05, 0.1) is 25.7 Å². The summed E-state index contributed by atoms with van der Waals surface area (Å²) in [5.41, 5.74) is 5.57. The Morgan fingerprint density at radius 2 is 2.06 bits per heavy atom. The van der Waals surface area contributed by atoms with Crippen molar-refractivity contribution in [2.75, 3.05) is 26.5 Å². The van der Waals surface area contributed by atoms with E-state index in [1.165, 1.54) is 20.4 Å². The van der Waals surface area contributed by atoms with E-state index in [0.717, 1.165) is 0 Å². The summed E-state index contributed by atoms with van der Waals surface area (Å²) in [6.07, 6.45) is 1.48. The number of hydrogen-bond donors (Lipinski definition) is 1. The number of hydrogen-bond acceptors (Lipinski definition) is 6. The van der Waals surface area contributed by atoms with Gasteiger partial charge in [-0.05, 0) is 0 Å². The average Bonchev–Trinajstić information content (AvgIpc) is 2.27. The smallest absolute Gasteiger partial charge is 0.183 e. The molecular formula is C10H16N2O4S. The van der Waals surface area contributed by atoms with E-state index in [0.29, 0.717) is 17.2 Å². The van der Waals surface area contributed by atoms with E-state index in [-0.39, 0.29) is 18.1 Å². The Kier molecular flexibility index (Phi) is 4.71. The van der Waals surface area contributed by atoms with Gasteiger partial charge in [-0.3, -0.25) is 4.98 Å². The van der Waals surface area contributed by atoms with Gasteiger partial charge in [0.25, 0.3) is 0 Å². The minimum Gasteiger partial charge on any atom is -0.493 e. The van der Waals surface area contributed by atoms with E-state index in [2.05, 4.69) is 4.98 Å². The van der Waals surface area contributed by atoms with Gasteiger partial charge in [-0.25, -0.2) is 8.42 Å². The summed E-state index contributed by atoms with van der Waals surface area (Å²) in [4.78, 5) is 4.00. The molecular weight excluding hydrogens is 244 g/mol. The molecule has 0 spiro atoms. The molecule has 0 unspecified atom stereocenters. The first-order chi connectivity index (χ1) is 8.04. The third-order valence-electron chi connectivity index (χ3n) is 2.15. The van der Waals surface area contributed by atoms with Crippen LogP contribution in [0.15, 0.2) is 12.3 Å². The second-order valence-corrected chi connectivity index (χ2v) is 5.56. The SMILES string of the molecule is COc1ccnc(CS(=O)(=O)CCN)c1OC. The van der Waals surface area contributed by atoms with Crippen molar-refractivity contribution in [3.63, 3.8) is 0 Å². The number of sulfone groups is 1. The summed E-state index contributed by atoms with van der Waals surface area (Å²) in [5, 5.41) is 0. The first-order valence-corrected chi connectivity index (χ1v) is 6.82. The lowest BCUT2D eigenvalue weighted by molar-refractivity contribution is 0.350. The molecule has 0 aliphatic carbocycles. The second kappa shape index (κ2) is 5.83. The van der Waals surface area contributed by atoms with Crippen LogP contribution in [0.1, 0.15) is 5.69 Å². The lowest BCUT2D eigenvalue weighted by Crippen LogP contribution is -2.18. The fraction of sp³-hybridized carbons (Fsp3) is 0.500. The van der Waals surface area contributed by atoms with Crippen LogP contribution in [-0.2, 0) is 15.6 Å². The molecule has 0 amide bonds. The average molecular weight is 260 g/mol. The Balaban J connectivity index is 3.06. The highest BCUT2D eigenvalue weighted by molar-refractivity contribution is 7.90. The zero-order valence-corrected chi connectivity index (χ0v) is 10.7. The predicted molar refractivity (Wildman–Crippen MR) is 63.9 cm³/mol. The van der Waals surface area contributed by atoms with Crippen molar-refractivity contribution in [2.24, 2.45) is 5.73 Å². The van der Waals surface area contributed by atoms with Crippen molar-refractivity contribution in [3.05, 3.63) is 18.0 Å². The normalized spacial score (nSPS) is 11.2. The van der Waals surface area contributed by atoms with E-state index in [1.54, 1.807) is 6.07 Å². The van der Waals surface area contributed by atoms with E-state index < -0.39 is 9.84 Å². The van der Waals surface area contributed by atoms with Crippen LogP contribution in [0.3, 0.4) is 0 Å². The molecule has 2 N–H and O–H groups in total. The third-order valence-corrected chi connectivity index (χ3v) is 3.72. The lowest BCUT2D eigenvalue weighted by Gasteiger charge is -2.11. The summed E-state index contributed by atoms with van der Waals surface area (Å²) in [6.45, 7) is 0.0919. The largest absolute Gasteiger partial charge is 0.493 e. The van der Waals surface area contributed by atoms with Crippen LogP contribution in [0, 0.1) is 0 Å². The maximum absolute atomic E-state index is 11.7. The molecule has 6 nitrogen and oxygen atoms in total. The standard InChI is InChI=1S/C10H16N2O4S/c1-15-9-3-5-12-8(10(9)16-2)7-17(13,14)6-4-11/h3,5H,4,6-7,11H2,1-2H3. The molecule has 7 heteroatoms. The van der Waals surface area contributed by atoms with Crippen molar-refractivity contribution >= 4 is 9.84 Å². The van der Waals surface area contributed by atoms with E-state index in [1.807, 2.05) is 0 Å². The highest BCUT2D eigenvalue weighted by Crippen LogP contribution is 2.30. The summed E-state index contributed by atoms with van der Waals surface area (Å²) in [7, 11) is -0.340. The number of nitrogens with zero attached hydrogens (tertiary/aromatic N) is 1. The highest BCUT2D eigenvalue weighted by atomic mass is 32.2. The van der Waals surface area contributed by atoms with Crippen molar-refractivity contribution in [1.29, 1.82) is 0 Å². The molecule has 96 valence electrons. The number of aromatic nitrogens is 1. The fourth-order valence-electron chi connectivity index (χ4n) is 1.41. The van der Waals surface area contributed by atoms with Crippen molar-refractivity contribution < 1.29 is 17.9 Å². The van der Waals surface area contributed by atoms with Gasteiger partial charge in [0.2, 0.25) is 0 Å². The Hall–Kier alpha value is -1.34. The summed E-state index contributed by atoms with van der Waals surface area (Å²) < 4.78 is 33.5. The molecule has 1 aromatic rings. The maximum Gasteiger partial charge on any atom is 0.183 e. The molecule has 1 rings (SSSR count). The van der Waals surface area contributed by atoms with E-state index in [9.17, 15) is 8.42 Å². The summed E-state index contributed by atoms with van der Waals surface area (Å²) in [6, 6.07) is 1.61. The minimum atomic E-state index is -3.27. The van der Waals surface area contributed by atoms with Gasteiger partial charge >= 0.3 is 0 Å². The zero-order valence-electron chi connectivity index (χ0n) is 9.84. The Morgan fingerprint density at radius 3 is 2.59 bits per heavy atom. The molecule has 1 heterocycles. The molecule has 17 heavy (non-hydrogen) atoms. The number of pyridine rings is 1. The molecule has 0 aliphatic heterocycles. The quantitative estimate of drug-likeness (QED) is 0.772. The molecule has 0 aliphatic rings. The Labute approximate surface area is 101 Å². The monoisotopic (exact) mass is 260 g/mol. The van der Waals surface area contributed by atoms with Crippen LogP contribution in [0.2, 0.25) is 0 Å². The molecule has 0 fully saturated rings. The van der Waals surface area contributed by atoms with E-state index >= 15 is 0 Å². The summed E-state index contributed by atoms with van der Waals surface area (Å²) >= 11 is 0. The van der Waals surface area contributed by atoms with Crippen LogP contribution in [0.5, 0.6) is 11.5 Å². The minimum absolute atomic E-state index is 0.0744. The summed E-state index contributed by atoms with van der Waals surface area (Å²) in [5.74, 6) is 0.524. The zero-order chi connectivity index (χ0) is 12.9. The number of nitrogens with two attached hydrogens (primary N) is 1. The fourth-order valence-corrected chi connectivity index (χ4v) is 2.54.